The van der Waals surface area contributed by atoms with E-state index >= 15 is 0 Å². The summed E-state index contributed by atoms with van der Waals surface area (Å²) >= 11 is 0. The monoisotopic (exact) mass is 434 g/mol. The first-order chi connectivity index (χ1) is 15.5. The molecule has 0 bridgehead atoms. The Morgan fingerprint density at radius 1 is 1.16 bits per heavy atom. The zero-order valence-corrected chi connectivity index (χ0v) is 19.0. The van der Waals surface area contributed by atoms with Gasteiger partial charge in [0.05, 0.1) is 5.56 Å². The standard InChI is InChI=1S/C26H31FN4O/c1-17(2)23-12-20(13-25-30-31-26(32-25)22-8-4-5-9-24(22)27)18(3)11-21(23)16-29-15-19-7-6-10-28-14-19/h4-11,14,17,20-21,23,29H,12-13,15-16H2,1-3H3. The van der Waals surface area contributed by atoms with Gasteiger partial charge in [0.25, 0.3) is 5.89 Å². The second-order valence-corrected chi connectivity index (χ2v) is 9.09. The van der Waals surface area contributed by atoms with Gasteiger partial charge in [-0.1, -0.05) is 43.7 Å². The van der Waals surface area contributed by atoms with Crippen LogP contribution in [-0.2, 0) is 13.0 Å². The van der Waals surface area contributed by atoms with E-state index in [4.69, 9.17) is 4.42 Å². The summed E-state index contributed by atoms with van der Waals surface area (Å²) in [5.74, 6) is 2.44. The molecule has 3 unspecified atom stereocenters. The molecule has 0 saturated heterocycles. The number of aromatic nitrogens is 3. The lowest BCUT2D eigenvalue weighted by atomic mass is 9.70. The summed E-state index contributed by atoms with van der Waals surface area (Å²) in [4.78, 5) is 4.19. The van der Waals surface area contributed by atoms with Crippen LogP contribution in [0.5, 0.6) is 0 Å². The van der Waals surface area contributed by atoms with Crippen LogP contribution in [0.15, 0.2) is 64.9 Å². The van der Waals surface area contributed by atoms with Crippen LogP contribution in [0.2, 0.25) is 0 Å². The van der Waals surface area contributed by atoms with Gasteiger partial charge in [-0.05, 0) is 60.8 Å². The summed E-state index contributed by atoms with van der Waals surface area (Å²) in [7, 11) is 0. The Morgan fingerprint density at radius 3 is 2.75 bits per heavy atom. The fraction of sp³-hybridized carbons (Fsp3) is 0.423. The van der Waals surface area contributed by atoms with Gasteiger partial charge in [0.1, 0.15) is 5.82 Å². The molecule has 0 aliphatic heterocycles. The Kier molecular flexibility index (Phi) is 7.10. The number of allylic oxidation sites excluding steroid dienone is 1. The van der Waals surface area contributed by atoms with Crippen molar-refractivity contribution >= 4 is 0 Å². The van der Waals surface area contributed by atoms with Gasteiger partial charge in [-0.25, -0.2) is 4.39 Å². The van der Waals surface area contributed by atoms with Crippen LogP contribution in [0.25, 0.3) is 11.5 Å². The van der Waals surface area contributed by atoms with Gasteiger partial charge in [-0.3, -0.25) is 4.98 Å². The van der Waals surface area contributed by atoms with Crippen molar-refractivity contribution in [1.29, 1.82) is 0 Å². The molecular formula is C26H31FN4O. The number of hydrogen-bond acceptors (Lipinski definition) is 5. The van der Waals surface area contributed by atoms with E-state index in [1.165, 1.54) is 17.2 Å². The number of nitrogens with zero attached hydrogens (tertiary/aromatic N) is 3. The Bertz CT molecular complexity index is 1050. The Labute approximate surface area is 189 Å². The molecule has 3 aromatic rings. The van der Waals surface area contributed by atoms with Crippen molar-refractivity contribution < 1.29 is 8.81 Å². The van der Waals surface area contributed by atoms with Gasteiger partial charge in [0.15, 0.2) is 0 Å². The van der Waals surface area contributed by atoms with Crippen molar-refractivity contribution in [3.8, 4) is 11.5 Å². The molecule has 0 spiro atoms. The summed E-state index contributed by atoms with van der Waals surface area (Å²) in [6, 6.07) is 10.6. The van der Waals surface area contributed by atoms with Crippen LogP contribution >= 0.6 is 0 Å². The summed E-state index contributed by atoms with van der Waals surface area (Å²) in [6.07, 6.45) is 7.89. The molecule has 4 rings (SSSR count). The highest BCUT2D eigenvalue weighted by molar-refractivity contribution is 5.53. The molecule has 0 saturated carbocycles. The molecule has 1 N–H and O–H groups in total. The molecule has 1 aromatic carbocycles. The van der Waals surface area contributed by atoms with Gasteiger partial charge in [0, 0.05) is 31.9 Å². The topological polar surface area (TPSA) is 63.8 Å². The number of hydrogen-bond donors (Lipinski definition) is 1. The average Bonchev–Trinajstić information content (AvgIpc) is 3.24. The second-order valence-electron chi connectivity index (χ2n) is 9.09. The lowest BCUT2D eigenvalue weighted by molar-refractivity contribution is 0.218. The van der Waals surface area contributed by atoms with Gasteiger partial charge in [0.2, 0.25) is 5.89 Å². The zero-order chi connectivity index (χ0) is 22.5. The van der Waals surface area contributed by atoms with E-state index in [0.29, 0.717) is 41.5 Å². The molecule has 2 heterocycles. The third-order valence-corrected chi connectivity index (χ3v) is 6.51. The van der Waals surface area contributed by atoms with Crippen LogP contribution in [-0.4, -0.2) is 21.7 Å². The molecule has 3 atom stereocenters. The minimum Gasteiger partial charge on any atom is -0.421 e. The molecule has 0 radical (unpaired) electrons. The SMILES string of the molecule is CC1=CC(CNCc2cccnc2)C(C(C)C)CC1Cc1nnc(-c2ccccc2F)o1. The molecule has 1 aliphatic rings. The summed E-state index contributed by atoms with van der Waals surface area (Å²) in [6.45, 7) is 8.57. The quantitative estimate of drug-likeness (QED) is 0.477. The van der Waals surface area contributed by atoms with E-state index in [1.807, 2.05) is 12.3 Å². The fourth-order valence-electron chi connectivity index (χ4n) is 4.68. The van der Waals surface area contributed by atoms with Gasteiger partial charge in [-0.15, -0.1) is 10.2 Å². The maximum atomic E-state index is 14.1. The molecule has 168 valence electrons. The molecule has 2 aromatic heterocycles. The highest BCUT2D eigenvalue weighted by Crippen LogP contribution is 2.39. The fourth-order valence-corrected chi connectivity index (χ4v) is 4.68. The summed E-state index contributed by atoms with van der Waals surface area (Å²) < 4.78 is 19.9. The van der Waals surface area contributed by atoms with E-state index in [0.717, 1.165) is 19.5 Å². The minimum atomic E-state index is -0.349. The van der Waals surface area contributed by atoms with Crippen molar-refractivity contribution in [1.82, 2.24) is 20.5 Å². The van der Waals surface area contributed by atoms with Crippen molar-refractivity contribution in [3.05, 3.63) is 77.7 Å². The first kappa shape index (κ1) is 22.3. The van der Waals surface area contributed by atoms with Crippen LogP contribution < -0.4 is 5.32 Å². The molecular weight excluding hydrogens is 403 g/mol. The average molecular weight is 435 g/mol. The van der Waals surface area contributed by atoms with Crippen molar-refractivity contribution in [2.75, 3.05) is 6.54 Å². The minimum absolute atomic E-state index is 0.244. The number of halogens is 1. The third kappa shape index (κ3) is 5.30. The zero-order valence-electron chi connectivity index (χ0n) is 19.0. The van der Waals surface area contributed by atoms with Gasteiger partial charge < -0.3 is 9.73 Å². The second kappa shape index (κ2) is 10.2. The van der Waals surface area contributed by atoms with E-state index < -0.39 is 0 Å². The highest BCUT2D eigenvalue weighted by Gasteiger charge is 2.32. The number of nitrogens with one attached hydrogen (secondary N) is 1. The van der Waals surface area contributed by atoms with Gasteiger partial charge >= 0.3 is 0 Å². The van der Waals surface area contributed by atoms with Crippen LogP contribution in [0.1, 0.15) is 38.6 Å². The first-order valence-electron chi connectivity index (χ1n) is 11.4. The normalized spacial score (nSPS) is 21.0. The molecule has 0 amide bonds. The summed E-state index contributed by atoms with van der Waals surface area (Å²) in [5.41, 5.74) is 2.91. The van der Waals surface area contributed by atoms with E-state index in [2.05, 4.69) is 53.4 Å². The molecule has 6 heteroatoms. The summed E-state index contributed by atoms with van der Waals surface area (Å²) in [5, 5.41) is 11.9. The maximum Gasteiger partial charge on any atom is 0.250 e. The van der Waals surface area contributed by atoms with Crippen LogP contribution in [0, 0.1) is 29.5 Å². The van der Waals surface area contributed by atoms with E-state index in [-0.39, 0.29) is 11.7 Å². The third-order valence-electron chi connectivity index (χ3n) is 6.51. The number of pyridine rings is 1. The predicted molar refractivity (Wildman–Crippen MR) is 123 cm³/mol. The van der Waals surface area contributed by atoms with Crippen molar-refractivity contribution in [2.45, 2.75) is 40.2 Å². The van der Waals surface area contributed by atoms with Crippen molar-refractivity contribution in [3.63, 3.8) is 0 Å². The first-order valence-corrected chi connectivity index (χ1v) is 11.4. The predicted octanol–water partition coefficient (Wildman–Crippen LogP) is 5.46. The van der Waals surface area contributed by atoms with E-state index in [9.17, 15) is 4.39 Å². The molecule has 0 fully saturated rings. The Morgan fingerprint density at radius 2 is 2.00 bits per heavy atom. The highest BCUT2D eigenvalue weighted by atomic mass is 19.1. The molecule has 1 aliphatic carbocycles. The Balaban J connectivity index is 1.42. The maximum absolute atomic E-state index is 14.1. The Hall–Kier alpha value is -2.86. The molecule has 5 nitrogen and oxygen atoms in total. The number of rotatable bonds is 8. The lowest BCUT2D eigenvalue weighted by Crippen LogP contribution is -2.34. The van der Waals surface area contributed by atoms with Crippen LogP contribution in [0.4, 0.5) is 4.39 Å². The molecule has 32 heavy (non-hydrogen) atoms. The lowest BCUT2D eigenvalue weighted by Gasteiger charge is -2.37. The van der Waals surface area contributed by atoms with Gasteiger partial charge in [-0.2, -0.15) is 0 Å². The van der Waals surface area contributed by atoms with Crippen molar-refractivity contribution in [2.24, 2.45) is 23.7 Å². The smallest absolute Gasteiger partial charge is 0.250 e. The number of benzene rings is 1. The largest absolute Gasteiger partial charge is 0.421 e. The van der Waals surface area contributed by atoms with Crippen LogP contribution in [0.3, 0.4) is 0 Å². The van der Waals surface area contributed by atoms with E-state index in [1.54, 1.807) is 24.4 Å².